The van der Waals surface area contributed by atoms with Crippen molar-refractivity contribution in [3.8, 4) is 0 Å². The summed E-state index contributed by atoms with van der Waals surface area (Å²) in [5, 5.41) is 20.8. The minimum absolute atomic E-state index is 0.108. The van der Waals surface area contributed by atoms with E-state index in [1.54, 1.807) is 0 Å². The number of imidazole rings is 1. The molecule has 0 aliphatic carbocycles. The molecular formula is C12H17ClN4O6. The maximum Gasteiger partial charge on any atom is 0.410 e. The first-order valence-electron chi connectivity index (χ1n) is 6.87. The van der Waals surface area contributed by atoms with Crippen molar-refractivity contribution in [1.29, 1.82) is 0 Å². The molecule has 1 N–H and O–H groups in total. The monoisotopic (exact) mass is 348 g/mol. The lowest BCUT2D eigenvalue weighted by atomic mass is 10.1. The normalized spacial score (nSPS) is 17.6. The number of nitro groups is 1. The summed E-state index contributed by atoms with van der Waals surface area (Å²) in [7, 11) is 0. The molecule has 1 aromatic rings. The van der Waals surface area contributed by atoms with Crippen LogP contribution in [0.4, 0.5) is 10.6 Å². The average molecular weight is 349 g/mol. The standard InChI is InChI=1S/C12H17ClN4O6/c1-12(19,7-16-6-9(17(20)21)14-10(16)13)8-23-11(18)15-2-4-22-5-3-15/h6,19H,2-5,7-8H2,1H3. The van der Waals surface area contributed by atoms with E-state index in [4.69, 9.17) is 21.1 Å². The van der Waals surface area contributed by atoms with Gasteiger partial charge in [0, 0.05) is 13.1 Å². The predicted octanol–water partition coefficient (Wildman–Crippen LogP) is 0.664. The predicted molar refractivity (Wildman–Crippen MR) is 78.3 cm³/mol. The third kappa shape index (κ3) is 4.78. The molecule has 1 aliphatic rings. The molecule has 0 radical (unpaired) electrons. The van der Waals surface area contributed by atoms with Gasteiger partial charge >= 0.3 is 17.2 Å². The molecule has 1 amide bonds. The molecule has 1 aliphatic heterocycles. The van der Waals surface area contributed by atoms with Gasteiger partial charge in [-0.1, -0.05) is 0 Å². The van der Waals surface area contributed by atoms with E-state index in [-0.39, 0.29) is 18.4 Å². The quantitative estimate of drug-likeness (QED) is 0.613. The number of hydrogen-bond acceptors (Lipinski definition) is 7. The van der Waals surface area contributed by atoms with Gasteiger partial charge in [-0.15, -0.1) is 0 Å². The van der Waals surface area contributed by atoms with Crippen molar-refractivity contribution in [2.45, 2.75) is 19.1 Å². The Morgan fingerprint density at radius 3 is 2.83 bits per heavy atom. The average Bonchev–Trinajstić information content (AvgIpc) is 2.86. The molecule has 1 aromatic heterocycles. The summed E-state index contributed by atoms with van der Waals surface area (Å²) in [5.74, 6) is -0.420. The van der Waals surface area contributed by atoms with Crippen LogP contribution in [0, 0.1) is 10.1 Å². The second-order valence-corrected chi connectivity index (χ2v) is 5.74. The summed E-state index contributed by atoms with van der Waals surface area (Å²) < 4.78 is 11.4. The lowest BCUT2D eigenvalue weighted by Crippen LogP contribution is -2.44. The van der Waals surface area contributed by atoms with Gasteiger partial charge < -0.3 is 29.6 Å². The maximum absolute atomic E-state index is 11.9. The van der Waals surface area contributed by atoms with Crippen LogP contribution in [0.3, 0.4) is 0 Å². The lowest BCUT2D eigenvalue weighted by Gasteiger charge is -2.28. The minimum Gasteiger partial charge on any atom is -0.446 e. The Morgan fingerprint density at radius 1 is 1.61 bits per heavy atom. The molecule has 0 saturated carbocycles. The molecule has 128 valence electrons. The number of hydrogen-bond donors (Lipinski definition) is 1. The van der Waals surface area contributed by atoms with E-state index in [0.717, 1.165) is 6.20 Å². The molecule has 1 unspecified atom stereocenters. The molecule has 10 nitrogen and oxygen atoms in total. The van der Waals surface area contributed by atoms with Crippen LogP contribution in [0.5, 0.6) is 0 Å². The summed E-state index contributed by atoms with van der Waals surface area (Å²) in [6.07, 6.45) is 0.567. The molecular weight excluding hydrogens is 332 g/mol. The van der Waals surface area contributed by atoms with Crippen LogP contribution in [-0.2, 0) is 16.0 Å². The molecule has 2 rings (SSSR count). The fraction of sp³-hybridized carbons (Fsp3) is 0.667. The van der Waals surface area contributed by atoms with E-state index < -0.39 is 22.4 Å². The van der Waals surface area contributed by atoms with E-state index in [2.05, 4.69) is 4.98 Å². The van der Waals surface area contributed by atoms with Crippen LogP contribution in [0.1, 0.15) is 6.92 Å². The smallest absolute Gasteiger partial charge is 0.410 e. The third-order valence-electron chi connectivity index (χ3n) is 3.19. The van der Waals surface area contributed by atoms with Crippen molar-refractivity contribution >= 4 is 23.5 Å². The van der Waals surface area contributed by atoms with Crippen LogP contribution in [0.2, 0.25) is 5.28 Å². The highest BCUT2D eigenvalue weighted by Crippen LogP contribution is 2.19. The highest BCUT2D eigenvalue weighted by Gasteiger charge is 2.29. The molecule has 23 heavy (non-hydrogen) atoms. The number of aliphatic hydroxyl groups is 1. The van der Waals surface area contributed by atoms with E-state index in [9.17, 15) is 20.0 Å². The summed E-state index contributed by atoms with van der Waals surface area (Å²) in [6.45, 7) is 2.79. The van der Waals surface area contributed by atoms with Gasteiger partial charge in [-0.3, -0.25) is 4.57 Å². The maximum atomic E-state index is 11.9. The Balaban J connectivity index is 1.91. The largest absolute Gasteiger partial charge is 0.446 e. The number of carbonyl (C=O) groups is 1. The minimum atomic E-state index is -1.46. The zero-order chi connectivity index (χ0) is 17.0. The summed E-state index contributed by atoms with van der Waals surface area (Å²) >= 11 is 5.79. The molecule has 1 fully saturated rings. The van der Waals surface area contributed by atoms with Gasteiger partial charge in [0.15, 0.2) is 0 Å². The topological polar surface area (TPSA) is 120 Å². The summed E-state index contributed by atoms with van der Waals surface area (Å²) in [5.41, 5.74) is -1.46. The van der Waals surface area contributed by atoms with Crippen LogP contribution in [-0.4, -0.2) is 69.1 Å². The van der Waals surface area contributed by atoms with Crippen molar-refractivity contribution in [3.05, 3.63) is 21.6 Å². The zero-order valence-electron chi connectivity index (χ0n) is 12.5. The molecule has 1 atom stereocenters. The van der Waals surface area contributed by atoms with E-state index in [0.29, 0.717) is 26.3 Å². The number of ether oxygens (including phenoxy) is 2. The highest BCUT2D eigenvalue weighted by molar-refractivity contribution is 6.28. The van der Waals surface area contributed by atoms with Crippen molar-refractivity contribution in [3.63, 3.8) is 0 Å². The van der Waals surface area contributed by atoms with Crippen LogP contribution in [0.15, 0.2) is 6.20 Å². The Labute approximate surface area is 136 Å². The number of carbonyl (C=O) groups excluding carboxylic acids is 1. The summed E-state index contributed by atoms with van der Waals surface area (Å²) in [6, 6.07) is 0. The second kappa shape index (κ2) is 7.11. The second-order valence-electron chi connectivity index (χ2n) is 5.40. The molecule has 2 heterocycles. The first-order chi connectivity index (χ1) is 10.8. The Morgan fingerprint density at radius 2 is 2.26 bits per heavy atom. The highest BCUT2D eigenvalue weighted by atomic mass is 35.5. The van der Waals surface area contributed by atoms with Crippen LogP contribution >= 0.6 is 11.6 Å². The van der Waals surface area contributed by atoms with Crippen LogP contribution < -0.4 is 0 Å². The van der Waals surface area contributed by atoms with Crippen molar-refractivity contribution in [2.75, 3.05) is 32.9 Å². The van der Waals surface area contributed by atoms with Gasteiger partial charge in [0.2, 0.25) is 0 Å². The van der Waals surface area contributed by atoms with Gasteiger partial charge in [0.1, 0.15) is 18.4 Å². The lowest BCUT2D eigenvalue weighted by molar-refractivity contribution is -0.389. The molecule has 0 bridgehead atoms. The number of aromatic nitrogens is 2. The van der Waals surface area contributed by atoms with E-state index in [1.807, 2.05) is 0 Å². The number of amides is 1. The first-order valence-corrected chi connectivity index (χ1v) is 7.25. The van der Waals surface area contributed by atoms with Gasteiger partial charge in [-0.25, -0.2) is 4.79 Å². The van der Waals surface area contributed by atoms with Crippen molar-refractivity contribution in [2.24, 2.45) is 0 Å². The zero-order valence-corrected chi connectivity index (χ0v) is 13.2. The number of rotatable bonds is 5. The first kappa shape index (κ1) is 17.4. The Bertz CT molecular complexity index is 584. The number of halogens is 1. The number of morpholine rings is 1. The molecule has 0 spiro atoms. The van der Waals surface area contributed by atoms with Gasteiger partial charge in [-0.2, -0.15) is 0 Å². The SMILES string of the molecule is CC(O)(COC(=O)N1CCOCC1)Cn1cc([N+](=O)[O-])nc1Cl. The van der Waals surface area contributed by atoms with Crippen LogP contribution in [0.25, 0.3) is 0 Å². The van der Waals surface area contributed by atoms with Gasteiger partial charge in [0.05, 0.1) is 19.8 Å². The fourth-order valence-electron chi connectivity index (χ4n) is 2.05. The fourth-order valence-corrected chi connectivity index (χ4v) is 2.24. The molecule has 11 heteroatoms. The van der Waals surface area contributed by atoms with Crippen molar-refractivity contribution < 1.29 is 24.3 Å². The third-order valence-corrected chi connectivity index (χ3v) is 3.49. The summed E-state index contributed by atoms with van der Waals surface area (Å²) in [4.78, 5) is 26.9. The Hall–Kier alpha value is -1.91. The van der Waals surface area contributed by atoms with Gasteiger partial charge in [-0.05, 0) is 28.4 Å². The molecule has 1 saturated heterocycles. The van der Waals surface area contributed by atoms with E-state index in [1.165, 1.54) is 16.4 Å². The van der Waals surface area contributed by atoms with E-state index >= 15 is 0 Å². The number of nitrogens with zero attached hydrogens (tertiary/aromatic N) is 4. The Kier molecular flexibility index (Phi) is 5.39. The van der Waals surface area contributed by atoms with Gasteiger partial charge in [0.25, 0.3) is 0 Å². The molecule has 0 aromatic carbocycles. The van der Waals surface area contributed by atoms with Crippen molar-refractivity contribution in [1.82, 2.24) is 14.5 Å².